The van der Waals surface area contributed by atoms with E-state index in [1.165, 1.54) is 55.6 Å². The van der Waals surface area contributed by atoms with E-state index in [2.05, 4.69) is 69.2 Å². The minimum absolute atomic E-state index is 0.229. The molecule has 2 aromatic carbocycles. The van der Waals surface area contributed by atoms with Gasteiger partial charge in [-0.3, -0.25) is 0 Å². The summed E-state index contributed by atoms with van der Waals surface area (Å²) in [5.74, 6) is 1.91. The van der Waals surface area contributed by atoms with Gasteiger partial charge >= 0.3 is 0 Å². The molecule has 0 radical (unpaired) electrons. The first-order valence-corrected chi connectivity index (χ1v) is 8.99. The van der Waals surface area contributed by atoms with Crippen molar-refractivity contribution >= 4 is 0 Å². The molecule has 0 spiro atoms. The molecule has 136 valence electrons. The Balaban J connectivity index is 2.29. The van der Waals surface area contributed by atoms with Crippen molar-refractivity contribution in [3.05, 3.63) is 55.6 Å². The zero-order valence-corrected chi connectivity index (χ0v) is 17.5. The van der Waals surface area contributed by atoms with Crippen LogP contribution in [0.5, 0.6) is 11.5 Å². The van der Waals surface area contributed by atoms with Gasteiger partial charge in [-0.2, -0.15) is 0 Å². The molecule has 0 heterocycles. The maximum Gasteiger partial charge on any atom is 0.230 e. The topological polar surface area (TPSA) is 18.5 Å². The van der Waals surface area contributed by atoms with Gasteiger partial charge < -0.3 is 9.47 Å². The van der Waals surface area contributed by atoms with Crippen molar-refractivity contribution in [2.75, 3.05) is 6.79 Å². The molecule has 2 rings (SSSR count). The number of hydrogen-bond acceptors (Lipinski definition) is 2. The molecule has 0 bridgehead atoms. The Kier molecular flexibility index (Phi) is 5.51. The molecule has 0 aliphatic carbocycles. The fourth-order valence-electron chi connectivity index (χ4n) is 3.51. The lowest BCUT2D eigenvalue weighted by Gasteiger charge is -2.21. The quantitative estimate of drug-likeness (QED) is 0.618. The van der Waals surface area contributed by atoms with Gasteiger partial charge in [0.05, 0.1) is 0 Å². The van der Waals surface area contributed by atoms with Gasteiger partial charge in [0.1, 0.15) is 11.5 Å². The van der Waals surface area contributed by atoms with Crippen molar-refractivity contribution in [3.8, 4) is 11.5 Å². The highest BCUT2D eigenvalue weighted by Gasteiger charge is 2.16. The van der Waals surface area contributed by atoms with Crippen molar-refractivity contribution in [2.24, 2.45) is 0 Å². The lowest BCUT2D eigenvalue weighted by Crippen LogP contribution is -2.12. The predicted octanol–water partition coefficient (Wildman–Crippen LogP) is 6.19. The van der Waals surface area contributed by atoms with Crippen molar-refractivity contribution in [1.82, 2.24) is 0 Å². The number of benzene rings is 2. The summed E-state index contributed by atoms with van der Waals surface area (Å²) in [7, 11) is 0. The lowest BCUT2D eigenvalue weighted by atomic mass is 9.94. The van der Waals surface area contributed by atoms with E-state index in [-0.39, 0.29) is 6.79 Å². The maximum absolute atomic E-state index is 6.09. The van der Waals surface area contributed by atoms with E-state index in [1.807, 2.05) is 0 Å². The molecule has 0 aliphatic rings. The van der Waals surface area contributed by atoms with Gasteiger partial charge in [-0.15, -0.1) is 0 Å². The van der Waals surface area contributed by atoms with Crippen molar-refractivity contribution in [3.63, 3.8) is 0 Å². The standard InChI is InChI=1S/C23H32O2/c1-12-14(3)18(7)22(19(8)15(12)4)24-11-25-23-20(9)16(5)13(2)17(6)21(23)10/h11H2,1-10H3. The monoisotopic (exact) mass is 340 g/mol. The van der Waals surface area contributed by atoms with Crippen LogP contribution in [0.3, 0.4) is 0 Å². The van der Waals surface area contributed by atoms with Gasteiger partial charge in [0.15, 0.2) is 0 Å². The van der Waals surface area contributed by atoms with Gasteiger partial charge in [0, 0.05) is 0 Å². The Morgan fingerprint density at radius 2 is 0.560 bits per heavy atom. The molecule has 2 heteroatoms. The van der Waals surface area contributed by atoms with Crippen LogP contribution in [-0.4, -0.2) is 6.79 Å². The summed E-state index contributed by atoms with van der Waals surface area (Å²) >= 11 is 0. The van der Waals surface area contributed by atoms with Crippen LogP contribution in [0.25, 0.3) is 0 Å². The number of hydrogen-bond donors (Lipinski definition) is 0. The molecule has 0 saturated heterocycles. The van der Waals surface area contributed by atoms with E-state index in [1.54, 1.807) is 0 Å². The van der Waals surface area contributed by atoms with Crippen LogP contribution < -0.4 is 9.47 Å². The summed E-state index contributed by atoms with van der Waals surface area (Å²) in [5.41, 5.74) is 12.7. The summed E-state index contributed by atoms with van der Waals surface area (Å²) in [5, 5.41) is 0. The first-order chi connectivity index (χ1) is 11.6. The largest absolute Gasteiger partial charge is 0.457 e. The van der Waals surface area contributed by atoms with Crippen molar-refractivity contribution in [1.29, 1.82) is 0 Å². The van der Waals surface area contributed by atoms with Crippen LogP contribution in [0.4, 0.5) is 0 Å². The second kappa shape index (κ2) is 7.11. The van der Waals surface area contributed by atoms with Gasteiger partial charge in [0.2, 0.25) is 6.79 Å². The number of ether oxygens (including phenoxy) is 2. The molecule has 0 aromatic heterocycles. The third-order valence-corrected chi connectivity index (χ3v) is 6.27. The van der Waals surface area contributed by atoms with Gasteiger partial charge in [-0.05, 0) is 125 Å². The number of rotatable bonds is 4. The highest BCUT2D eigenvalue weighted by Crippen LogP contribution is 2.34. The van der Waals surface area contributed by atoms with Crippen LogP contribution in [0.1, 0.15) is 55.6 Å². The summed E-state index contributed by atoms with van der Waals surface area (Å²) < 4.78 is 12.2. The van der Waals surface area contributed by atoms with E-state index in [4.69, 9.17) is 9.47 Å². The minimum Gasteiger partial charge on any atom is -0.457 e. The molecule has 0 aliphatic heterocycles. The SMILES string of the molecule is Cc1c(C)c(C)c(OCOc2c(C)c(C)c(C)c(C)c2C)c(C)c1C. The Labute approximate surface area is 153 Å². The Hall–Kier alpha value is -1.96. The average Bonchev–Trinajstić information content (AvgIpc) is 2.60. The molecule has 25 heavy (non-hydrogen) atoms. The maximum atomic E-state index is 6.09. The first-order valence-electron chi connectivity index (χ1n) is 8.99. The lowest BCUT2D eigenvalue weighted by molar-refractivity contribution is 0.116. The molecule has 2 aromatic rings. The van der Waals surface area contributed by atoms with Crippen LogP contribution in [-0.2, 0) is 0 Å². The molecule has 0 amide bonds. The minimum atomic E-state index is 0.229. The van der Waals surface area contributed by atoms with Crippen LogP contribution >= 0.6 is 0 Å². The fourth-order valence-corrected chi connectivity index (χ4v) is 3.51. The molecule has 0 N–H and O–H groups in total. The summed E-state index contributed by atoms with van der Waals surface area (Å²) in [4.78, 5) is 0. The van der Waals surface area contributed by atoms with Crippen LogP contribution in [0.2, 0.25) is 0 Å². The molecule has 0 fully saturated rings. The molecular weight excluding hydrogens is 308 g/mol. The molecule has 0 unspecified atom stereocenters. The van der Waals surface area contributed by atoms with E-state index in [0.29, 0.717) is 0 Å². The van der Waals surface area contributed by atoms with Crippen molar-refractivity contribution in [2.45, 2.75) is 69.2 Å². The Bertz CT molecular complexity index is 701. The summed E-state index contributed by atoms with van der Waals surface area (Å²) in [6.45, 7) is 21.7. The summed E-state index contributed by atoms with van der Waals surface area (Å²) in [6, 6.07) is 0. The first kappa shape index (κ1) is 19.4. The summed E-state index contributed by atoms with van der Waals surface area (Å²) in [6.07, 6.45) is 0. The highest BCUT2D eigenvalue weighted by molar-refractivity contribution is 5.54. The van der Waals surface area contributed by atoms with E-state index >= 15 is 0 Å². The molecule has 0 saturated carbocycles. The van der Waals surface area contributed by atoms with E-state index in [0.717, 1.165) is 11.5 Å². The zero-order chi connectivity index (χ0) is 19.0. The van der Waals surface area contributed by atoms with E-state index in [9.17, 15) is 0 Å². The fraction of sp³-hybridized carbons (Fsp3) is 0.478. The Morgan fingerprint density at radius 1 is 0.360 bits per heavy atom. The molecule has 2 nitrogen and oxygen atoms in total. The van der Waals surface area contributed by atoms with Crippen LogP contribution in [0.15, 0.2) is 0 Å². The third kappa shape index (κ3) is 3.27. The second-order valence-corrected chi connectivity index (χ2v) is 7.31. The van der Waals surface area contributed by atoms with Crippen LogP contribution in [0, 0.1) is 69.2 Å². The van der Waals surface area contributed by atoms with Gasteiger partial charge in [-0.25, -0.2) is 0 Å². The molecule has 0 atom stereocenters. The Morgan fingerprint density at radius 3 is 0.800 bits per heavy atom. The highest BCUT2D eigenvalue weighted by atomic mass is 16.7. The van der Waals surface area contributed by atoms with E-state index < -0.39 is 0 Å². The zero-order valence-electron chi connectivity index (χ0n) is 17.5. The van der Waals surface area contributed by atoms with Crippen molar-refractivity contribution < 1.29 is 9.47 Å². The van der Waals surface area contributed by atoms with Gasteiger partial charge in [0.25, 0.3) is 0 Å². The second-order valence-electron chi connectivity index (χ2n) is 7.31. The normalized spacial score (nSPS) is 11.0. The third-order valence-electron chi connectivity index (χ3n) is 6.27. The predicted molar refractivity (Wildman–Crippen MR) is 106 cm³/mol. The van der Waals surface area contributed by atoms with Gasteiger partial charge in [-0.1, -0.05) is 0 Å². The smallest absolute Gasteiger partial charge is 0.230 e. The molecular formula is C23H32O2. The average molecular weight is 341 g/mol.